The van der Waals surface area contributed by atoms with Crippen molar-refractivity contribution in [3.8, 4) is 0 Å². The zero-order chi connectivity index (χ0) is 13.5. The first-order valence-electron chi connectivity index (χ1n) is 5.49. The van der Waals surface area contributed by atoms with Crippen LogP contribution < -0.4 is 5.73 Å². The van der Waals surface area contributed by atoms with E-state index in [1.807, 2.05) is 0 Å². The molecule has 5 nitrogen and oxygen atoms in total. The molecule has 0 fully saturated rings. The molecule has 0 spiro atoms. The van der Waals surface area contributed by atoms with Gasteiger partial charge in [0, 0.05) is 18.7 Å². The number of nitrogens with two attached hydrogens (primary N) is 1. The van der Waals surface area contributed by atoms with E-state index in [1.54, 1.807) is 24.3 Å². The van der Waals surface area contributed by atoms with E-state index in [4.69, 9.17) is 10.8 Å². The van der Waals surface area contributed by atoms with Crippen molar-refractivity contribution >= 4 is 11.9 Å². The van der Waals surface area contributed by atoms with E-state index in [0.29, 0.717) is 12.1 Å². The van der Waals surface area contributed by atoms with Gasteiger partial charge < -0.3 is 15.7 Å². The van der Waals surface area contributed by atoms with E-state index in [2.05, 4.69) is 6.58 Å². The largest absolute Gasteiger partial charge is 0.480 e. The monoisotopic (exact) mass is 248 g/mol. The zero-order valence-corrected chi connectivity index (χ0v) is 10.0. The number of carboxylic acid groups (broad SMARTS) is 1. The fraction of sp³-hybridized carbons (Fsp3) is 0.231. The van der Waals surface area contributed by atoms with Gasteiger partial charge in [0.1, 0.15) is 6.54 Å². The molecule has 0 atom stereocenters. The van der Waals surface area contributed by atoms with E-state index in [-0.39, 0.29) is 19.0 Å². The SMILES string of the molecule is C=CCN(CC(=O)O)C(=O)c1ccc(CN)cc1. The number of carbonyl (C=O) groups excluding carboxylic acids is 1. The second kappa shape index (κ2) is 6.56. The summed E-state index contributed by atoms with van der Waals surface area (Å²) < 4.78 is 0. The summed E-state index contributed by atoms with van der Waals surface area (Å²) in [7, 11) is 0. The Morgan fingerprint density at radius 1 is 1.33 bits per heavy atom. The van der Waals surface area contributed by atoms with Crippen LogP contribution in [0.1, 0.15) is 15.9 Å². The summed E-state index contributed by atoms with van der Waals surface area (Å²) in [5, 5.41) is 8.74. The average molecular weight is 248 g/mol. The molecule has 0 radical (unpaired) electrons. The van der Waals surface area contributed by atoms with Gasteiger partial charge in [-0.1, -0.05) is 18.2 Å². The molecule has 1 amide bonds. The Bertz CT molecular complexity index is 440. The average Bonchev–Trinajstić information content (AvgIpc) is 2.37. The van der Waals surface area contributed by atoms with Gasteiger partial charge in [-0.25, -0.2) is 0 Å². The molecule has 0 saturated heterocycles. The van der Waals surface area contributed by atoms with Gasteiger partial charge >= 0.3 is 5.97 Å². The standard InChI is InChI=1S/C13H16N2O3/c1-2-7-15(9-12(16)17)13(18)11-5-3-10(8-14)4-6-11/h2-6H,1,7-9,14H2,(H,16,17). The summed E-state index contributed by atoms with van der Waals surface area (Å²) in [5.41, 5.74) is 6.82. The number of carbonyl (C=O) groups is 2. The molecule has 3 N–H and O–H groups in total. The zero-order valence-electron chi connectivity index (χ0n) is 10.0. The number of nitrogens with zero attached hydrogens (tertiary/aromatic N) is 1. The quantitative estimate of drug-likeness (QED) is 0.731. The van der Waals surface area contributed by atoms with Gasteiger partial charge in [0.2, 0.25) is 0 Å². The Morgan fingerprint density at radius 2 is 1.94 bits per heavy atom. The highest BCUT2D eigenvalue weighted by molar-refractivity contribution is 5.95. The van der Waals surface area contributed by atoms with Gasteiger partial charge in [0.15, 0.2) is 0 Å². The van der Waals surface area contributed by atoms with Gasteiger partial charge in [-0.2, -0.15) is 0 Å². The van der Waals surface area contributed by atoms with Crippen LogP contribution in [0.25, 0.3) is 0 Å². The molecule has 0 heterocycles. The predicted octanol–water partition coefficient (Wildman–Crippen LogP) is 0.858. The third-order valence-corrected chi connectivity index (χ3v) is 2.40. The lowest BCUT2D eigenvalue weighted by Gasteiger charge is -2.18. The van der Waals surface area contributed by atoms with E-state index >= 15 is 0 Å². The van der Waals surface area contributed by atoms with Crippen LogP contribution in [-0.2, 0) is 11.3 Å². The highest BCUT2D eigenvalue weighted by atomic mass is 16.4. The number of hydrogen-bond donors (Lipinski definition) is 2. The van der Waals surface area contributed by atoms with E-state index in [9.17, 15) is 9.59 Å². The maximum absolute atomic E-state index is 12.1. The van der Waals surface area contributed by atoms with Crippen LogP contribution in [0.3, 0.4) is 0 Å². The van der Waals surface area contributed by atoms with Crippen molar-refractivity contribution in [3.63, 3.8) is 0 Å². The third kappa shape index (κ3) is 3.71. The second-order valence-corrected chi connectivity index (χ2v) is 3.77. The third-order valence-electron chi connectivity index (χ3n) is 2.40. The summed E-state index contributed by atoms with van der Waals surface area (Å²) in [4.78, 5) is 23.9. The summed E-state index contributed by atoms with van der Waals surface area (Å²) in [6.45, 7) is 3.77. The molecule has 0 aromatic heterocycles. The number of aliphatic carboxylic acids is 1. The number of carboxylic acids is 1. The second-order valence-electron chi connectivity index (χ2n) is 3.77. The summed E-state index contributed by atoms with van der Waals surface area (Å²) in [5.74, 6) is -1.38. The van der Waals surface area contributed by atoms with Crippen LogP contribution in [0.4, 0.5) is 0 Å². The van der Waals surface area contributed by atoms with Crippen molar-refractivity contribution in [1.29, 1.82) is 0 Å². The van der Waals surface area contributed by atoms with E-state index in [1.165, 1.54) is 11.0 Å². The number of rotatable bonds is 6. The van der Waals surface area contributed by atoms with Crippen LogP contribution in [0.5, 0.6) is 0 Å². The molecule has 0 aliphatic heterocycles. The summed E-state index contributed by atoms with van der Waals surface area (Å²) >= 11 is 0. The van der Waals surface area contributed by atoms with E-state index < -0.39 is 5.97 Å². The Hall–Kier alpha value is -2.14. The fourth-order valence-electron chi connectivity index (χ4n) is 1.50. The van der Waals surface area contributed by atoms with Crippen molar-refractivity contribution in [2.75, 3.05) is 13.1 Å². The minimum absolute atomic E-state index is 0.198. The molecule has 0 saturated carbocycles. The topological polar surface area (TPSA) is 83.6 Å². The van der Waals surface area contributed by atoms with Crippen LogP contribution in [-0.4, -0.2) is 35.0 Å². The van der Waals surface area contributed by atoms with Crippen LogP contribution >= 0.6 is 0 Å². The molecular formula is C13H16N2O3. The van der Waals surface area contributed by atoms with E-state index in [0.717, 1.165) is 5.56 Å². The van der Waals surface area contributed by atoms with Crippen molar-refractivity contribution in [1.82, 2.24) is 4.90 Å². The maximum atomic E-state index is 12.1. The lowest BCUT2D eigenvalue weighted by molar-refractivity contribution is -0.137. The molecule has 0 aliphatic carbocycles. The predicted molar refractivity (Wildman–Crippen MR) is 68.1 cm³/mol. The number of amides is 1. The van der Waals surface area contributed by atoms with Gasteiger partial charge in [-0.3, -0.25) is 9.59 Å². The van der Waals surface area contributed by atoms with Crippen LogP contribution in [0.15, 0.2) is 36.9 Å². The van der Waals surface area contributed by atoms with Crippen molar-refractivity contribution < 1.29 is 14.7 Å². The minimum Gasteiger partial charge on any atom is -0.480 e. The first-order valence-corrected chi connectivity index (χ1v) is 5.49. The molecule has 1 aromatic rings. The molecular weight excluding hydrogens is 232 g/mol. The van der Waals surface area contributed by atoms with Crippen molar-refractivity contribution in [3.05, 3.63) is 48.0 Å². The highest BCUT2D eigenvalue weighted by Crippen LogP contribution is 2.07. The Kier molecular flexibility index (Phi) is 5.07. The molecule has 1 rings (SSSR count). The Morgan fingerprint density at radius 3 is 2.39 bits per heavy atom. The number of hydrogen-bond acceptors (Lipinski definition) is 3. The Balaban J connectivity index is 2.86. The lowest BCUT2D eigenvalue weighted by Crippen LogP contribution is -2.35. The molecule has 0 unspecified atom stereocenters. The summed E-state index contributed by atoms with van der Waals surface area (Å²) in [6, 6.07) is 6.78. The molecule has 0 aliphatic rings. The first-order chi connectivity index (χ1) is 8.58. The summed E-state index contributed by atoms with van der Waals surface area (Å²) in [6.07, 6.45) is 1.50. The van der Waals surface area contributed by atoms with Crippen LogP contribution in [0.2, 0.25) is 0 Å². The fourth-order valence-corrected chi connectivity index (χ4v) is 1.50. The van der Waals surface area contributed by atoms with Crippen molar-refractivity contribution in [2.45, 2.75) is 6.54 Å². The van der Waals surface area contributed by atoms with Crippen molar-refractivity contribution in [2.24, 2.45) is 5.73 Å². The first kappa shape index (κ1) is 13.9. The molecule has 0 bridgehead atoms. The highest BCUT2D eigenvalue weighted by Gasteiger charge is 2.16. The van der Waals surface area contributed by atoms with Gasteiger partial charge in [0.25, 0.3) is 5.91 Å². The molecule has 96 valence electrons. The minimum atomic E-state index is -1.05. The van der Waals surface area contributed by atoms with Crippen LogP contribution in [0, 0.1) is 0 Å². The lowest BCUT2D eigenvalue weighted by atomic mass is 10.1. The molecule has 18 heavy (non-hydrogen) atoms. The maximum Gasteiger partial charge on any atom is 0.323 e. The molecule has 1 aromatic carbocycles. The van der Waals surface area contributed by atoms with Gasteiger partial charge in [0.05, 0.1) is 0 Å². The van der Waals surface area contributed by atoms with Gasteiger partial charge in [-0.05, 0) is 17.7 Å². The normalized spacial score (nSPS) is 9.83. The molecule has 5 heteroatoms. The number of benzene rings is 1. The van der Waals surface area contributed by atoms with Gasteiger partial charge in [-0.15, -0.1) is 6.58 Å². The Labute approximate surface area is 106 Å². The smallest absolute Gasteiger partial charge is 0.323 e.